The highest BCUT2D eigenvalue weighted by Crippen LogP contribution is 2.31. The largest absolute Gasteiger partial charge is 0.748 e. The first-order valence-electron chi connectivity index (χ1n) is 4.90. The molecule has 0 N–H and O–H groups in total. The first-order valence-corrected chi connectivity index (χ1v) is 8.52. The summed E-state index contributed by atoms with van der Waals surface area (Å²) >= 11 is 3.89. The van der Waals surface area contributed by atoms with Crippen LogP contribution in [0.5, 0.6) is 0 Å². The smallest absolute Gasteiger partial charge is 0.298 e. The van der Waals surface area contributed by atoms with E-state index in [1.807, 2.05) is 23.1 Å². The Balaban J connectivity index is 0.000000188. The highest BCUT2D eigenvalue weighted by Gasteiger charge is 2.25. The summed E-state index contributed by atoms with van der Waals surface area (Å²) in [6.45, 7) is 1.18. The molecule has 3 rings (SSSR count). The molecule has 17 heavy (non-hydrogen) atoms. The summed E-state index contributed by atoms with van der Waals surface area (Å²) in [5.74, 6) is 1.25. The molecule has 0 bridgehead atoms. The van der Waals surface area contributed by atoms with Crippen LogP contribution in [0.3, 0.4) is 0 Å². The van der Waals surface area contributed by atoms with Gasteiger partial charge in [-0.05, 0) is 17.8 Å². The van der Waals surface area contributed by atoms with Crippen molar-refractivity contribution in [2.45, 2.75) is 10.9 Å². The summed E-state index contributed by atoms with van der Waals surface area (Å²) in [5, 5.41) is 0. The second-order valence-corrected chi connectivity index (χ2v) is 7.32. The highest BCUT2D eigenvalue weighted by atomic mass is 32.2. The van der Waals surface area contributed by atoms with Crippen molar-refractivity contribution >= 4 is 43.4 Å². The van der Waals surface area contributed by atoms with Gasteiger partial charge in [-0.15, -0.1) is 0 Å². The van der Waals surface area contributed by atoms with Crippen LogP contribution in [0.25, 0.3) is 10.2 Å². The van der Waals surface area contributed by atoms with Gasteiger partial charge in [0.2, 0.25) is 5.52 Å². The van der Waals surface area contributed by atoms with E-state index >= 15 is 0 Å². The molecule has 92 valence electrons. The van der Waals surface area contributed by atoms with E-state index < -0.39 is 10.1 Å². The number of aryl methyl sites for hydroxylation is 1. The number of nitrogens with zero attached hydrogens (tertiary/aromatic N) is 1. The number of para-hydroxylation sites is 1. The monoisotopic (exact) mass is 289 g/mol. The summed E-state index contributed by atoms with van der Waals surface area (Å²) in [6, 6.07) is 8.64. The van der Waals surface area contributed by atoms with Crippen LogP contribution in [-0.2, 0) is 16.7 Å². The van der Waals surface area contributed by atoms with Crippen LogP contribution in [0.4, 0.5) is 0 Å². The SMILES string of the molecule is CS(=O)(=O)[O-].c1ccc2c(c1)sc1[n+]2CCS1. The topological polar surface area (TPSA) is 61.1 Å². The van der Waals surface area contributed by atoms with Gasteiger partial charge in [-0.2, -0.15) is 4.57 Å². The van der Waals surface area contributed by atoms with Gasteiger partial charge >= 0.3 is 0 Å². The van der Waals surface area contributed by atoms with E-state index in [0.29, 0.717) is 6.26 Å². The summed E-state index contributed by atoms with van der Waals surface area (Å²) in [4.78, 5) is 0. The fourth-order valence-corrected chi connectivity index (χ4v) is 4.02. The first kappa shape index (κ1) is 12.8. The average molecular weight is 289 g/mol. The van der Waals surface area contributed by atoms with Crippen LogP contribution in [0.1, 0.15) is 0 Å². The van der Waals surface area contributed by atoms with E-state index in [4.69, 9.17) is 13.0 Å². The molecule has 0 saturated carbocycles. The third-order valence-corrected chi connectivity index (χ3v) is 4.53. The second-order valence-electron chi connectivity index (χ2n) is 3.54. The van der Waals surface area contributed by atoms with Crippen molar-refractivity contribution in [1.29, 1.82) is 0 Å². The average Bonchev–Trinajstić information content (AvgIpc) is 2.73. The third-order valence-electron chi connectivity index (χ3n) is 2.11. The predicted molar refractivity (Wildman–Crippen MR) is 68.4 cm³/mol. The Kier molecular flexibility index (Phi) is 3.72. The third kappa shape index (κ3) is 3.41. The fourth-order valence-electron chi connectivity index (χ4n) is 1.56. The Hall–Kier alpha value is -0.630. The van der Waals surface area contributed by atoms with Crippen LogP contribution in [0.2, 0.25) is 0 Å². The van der Waals surface area contributed by atoms with Crippen LogP contribution in [0.15, 0.2) is 28.6 Å². The number of benzene rings is 1. The lowest BCUT2D eigenvalue weighted by molar-refractivity contribution is -0.692. The van der Waals surface area contributed by atoms with Crippen molar-refractivity contribution in [3.63, 3.8) is 0 Å². The minimum Gasteiger partial charge on any atom is -0.748 e. The predicted octanol–water partition coefficient (Wildman–Crippen LogP) is 1.46. The molecule has 0 atom stereocenters. The molecular weight excluding hydrogens is 278 g/mol. The summed E-state index contributed by atoms with van der Waals surface area (Å²) in [5.41, 5.74) is 1.41. The molecular formula is C10H11NO3S3. The van der Waals surface area contributed by atoms with Crippen LogP contribution >= 0.6 is 23.1 Å². The van der Waals surface area contributed by atoms with Crippen molar-refractivity contribution in [3.8, 4) is 0 Å². The Morgan fingerprint density at radius 3 is 2.71 bits per heavy atom. The molecule has 1 aliphatic heterocycles. The first-order chi connectivity index (χ1) is 7.95. The number of thioether (sulfide) groups is 1. The molecule has 0 saturated heterocycles. The van der Waals surface area contributed by atoms with E-state index in [2.05, 4.69) is 28.8 Å². The molecule has 0 unspecified atom stereocenters. The normalized spacial score (nSPS) is 14.2. The van der Waals surface area contributed by atoms with E-state index in [9.17, 15) is 0 Å². The summed E-state index contributed by atoms with van der Waals surface area (Å²) < 4.78 is 32.5. The van der Waals surface area contributed by atoms with Gasteiger partial charge in [-0.3, -0.25) is 0 Å². The van der Waals surface area contributed by atoms with E-state index in [0.717, 1.165) is 0 Å². The molecule has 0 aliphatic carbocycles. The second kappa shape index (κ2) is 4.93. The molecule has 1 aromatic heterocycles. The van der Waals surface area contributed by atoms with Crippen molar-refractivity contribution in [2.24, 2.45) is 0 Å². The number of hydrogen-bond donors (Lipinski definition) is 0. The maximum atomic E-state index is 9.08. The van der Waals surface area contributed by atoms with E-state index in [-0.39, 0.29) is 0 Å². The zero-order valence-electron chi connectivity index (χ0n) is 9.12. The van der Waals surface area contributed by atoms with Gasteiger partial charge in [0.25, 0.3) is 4.34 Å². The van der Waals surface area contributed by atoms with Crippen molar-refractivity contribution < 1.29 is 17.5 Å². The van der Waals surface area contributed by atoms with Crippen molar-refractivity contribution in [3.05, 3.63) is 24.3 Å². The molecule has 1 aromatic carbocycles. The Labute approximate surface area is 108 Å². The molecule has 0 spiro atoms. The maximum Gasteiger partial charge on any atom is 0.298 e. The number of hydrogen-bond acceptors (Lipinski definition) is 5. The highest BCUT2D eigenvalue weighted by molar-refractivity contribution is 8.01. The number of thiazole rings is 1. The van der Waals surface area contributed by atoms with Crippen LogP contribution in [-0.4, -0.2) is 25.0 Å². The van der Waals surface area contributed by atoms with Crippen LogP contribution < -0.4 is 4.57 Å². The summed E-state index contributed by atoms with van der Waals surface area (Å²) in [7, 11) is -3.92. The molecule has 2 heterocycles. The molecule has 2 aromatic rings. The van der Waals surface area contributed by atoms with Gasteiger partial charge in [0.05, 0.1) is 15.9 Å². The minimum atomic E-state index is -3.92. The molecule has 0 amide bonds. The zero-order chi connectivity index (χ0) is 12.5. The van der Waals surface area contributed by atoms with Gasteiger partial charge in [0, 0.05) is 12.3 Å². The maximum absolute atomic E-state index is 9.08. The van der Waals surface area contributed by atoms with Gasteiger partial charge in [-0.25, -0.2) is 8.42 Å². The molecule has 4 nitrogen and oxygen atoms in total. The number of fused-ring (bicyclic) bond motifs is 3. The standard InChI is InChI=1S/C9H8NS2.CH4O3S/c1-2-4-8-7(3-1)10-5-6-11-9(10)12-8;1-5(2,3)4/h1-4H,5-6H2;1H3,(H,2,3,4)/q+1;/p-1. The Bertz CT molecular complexity index is 625. The molecule has 0 fully saturated rings. The molecule has 0 radical (unpaired) electrons. The molecule has 1 aliphatic rings. The Morgan fingerprint density at radius 2 is 2.00 bits per heavy atom. The molecule has 7 heteroatoms. The zero-order valence-corrected chi connectivity index (χ0v) is 11.6. The van der Waals surface area contributed by atoms with E-state index in [1.54, 1.807) is 0 Å². The fraction of sp³-hybridized carbons (Fsp3) is 0.300. The van der Waals surface area contributed by atoms with Gasteiger partial charge in [0.15, 0.2) is 6.54 Å². The van der Waals surface area contributed by atoms with Crippen molar-refractivity contribution in [1.82, 2.24) is 0 Å². The van der Waals surface area contributed by atoms with Gasteiger partial charge < -0.3 is 4.55 Å². The lowest BCUT2D eigenvalue weighted by atomic mass is 10.3. The van der Waals surface area contributed by atoms with Gasteiger partial charge in [0.1, 0.15) is 4.70 Å². The minimum absolute atomic E-state index is 0.604. The summed E-state index contributed by atoms with van der Waals surface area (Å²) in [6.07, 6.45) is 0.604. The number of rotatable bonds is 0. The van der Waals surface area contributed by atoms with Gasteiger partial charge in [-0.1, -0.05) is 23.5 Å². The van der Waals surface area contributed by atoms with E-state index in [1.165, 1.54) is 26.9 Å². The lowest BCUT2D eigenvalue weighted by Gasteiger charge is -1.90. The quantitative estimate of drug-likeness (QED) is 0.544. The number of aromatic nitrogens is 1. The van der Waals surface area contributed by atoms with Crippen LogP contribution in [0, 0.1) is 0 Å². The lowest BCUT2D eigenvalue weighted by Crippen LogP contribution is -2.30. The Morgan fingerprint density at radius 1 is 1.35 bits per heavy atom. The van der Waals surface area contributed by atoms with Crippen molar-refractivity contribution in [2.75, 3.05) is 12.0 Å².